The minimum atomic E-state index is -3.48. The van der Waals surface area contributed by atoms with Crippen LogP contribution in [0.15, 0.2) is 54.6 Å². The van der Waals surface area contributed by atoms with Gasteiger partial charge in [0.2, 0.25) is 10.0 Å². The fraction of sp³-hybridized carbons (Fsp3) is 0.520. The number of benzene rings is 2. The van der Waals surface area contributed by atoms with Crippen molar-refractivity contribution in [3.63, 3.8) is 0 Å². The molecule has 1 saturated heterocycles. The molecule has 1 aliphatic carbocycles. The Morgan fingerprint density at radius 3 is 2.50 bits per heavy atom. The van der Waals surface area contributed by atoms with Crippen molar-refractivity contribution in [2.75, 3.05) is 43.8 Å². The molecule has 4 rings (SSSR count). The predicted molar refractivity (Wildman–Crippen MR) is 127 cm³/mol. The number of anilines is 1. The van der Waals surface area contributed by atoms with Crippen molar-refractivity contribution in [1.82, 2.24) is 4.90 Å². The van der Waals surface area contributed by atoms with E-state index >= 15 is 0 Å². The summed E-state index contributed by atoms with van der Waals surface area (Å²) in [4.78, 5) is 2.50. The van der Waals surface area contributed by atoms with Gasteiger partial charge >= 0.3 is 0 Å². The van der Waals surface area contributed by atoms with Crippen LogP contribution in [0, 0.1) is 11.8 Å². The van der Waals surface area contributed by atoms with Crippen LogP contribution in [0.25, 0.3) is 0 Å². The first-order valence-corrected chi connectivity index (χ1v) is 13.1. The minimum Gasteiger partial charge on any atom is -0.384 e. The quantitative estimate of drug-likeness (QED) is 0.572. The summed E-state index contributed by atoms with van der Waals surface area (Å²) < 4.78 is 32.0. The van der Waals surface area contributed by atoms with E-state index in [1.165, 1.54) is 12.7 Å². The Bertz CT molecular complexity index is 982. The molecular formula is C25H34N2O4S. The number of fused-ring (bicyclic) bond motifs is 2. The van der Waals surface area contributed by atoms with Crippen molar-refractivity contribution in [2.24, 2.45) is 11.8 Å². The number of rotatable bonds is 10. The van der Waals surface area contributed by atoms with Crippen LogP contribution in [0.1, 0.15) is 30.4 Å². The Hall–Kier alpha value is -1.93. The molecule has 2 N–H and O–H groups in total. The molecule has 6 nitrogen and oxygen atoms in total. The molecule has 1 heterocycles. The van der Waals surface area contributed by atoms with Crippen molar-refractivity contribution >= 4 is 15.7 Å². The van der Waals surface area contributed by atoms with Crippen molar-refractivity contribution in [3.8, 4) is 0 Å². The maximum absolute atomic E-state index is 12.3. The summed E-state index contributed by atoms with van der Waals surface area (Å²) in [5.41, 5.74) is 1.79. The number of ether oxygens (including phenoxy) is 1. The number of piperidine rings is 1. The van der Waals surface area contributed by atoms with Gasteiger partial charge < -0.3 is 14.7 Å². The second-order valence-corrected chi connectivity index (χ2v) is 11.0. The van der Waals surface area contributed by atoms with Gasteiger partial charge in [-0.3, -0.25) is 4.72 Å². The van der Waals surface area contributed by atoms with Gasteiger partial charge in [0, 0.05) is 37.7 Å². The highest BCUT2D eigenvalue weighted by Gasteiger charge is 2.53. The smallest absolute Gasteiger partial charge is 0.234 e. The Morgan fingerprint density at radius 2 is 1.81 bits per heavy atom. The van der Waals surface area contributed by atoms with E-state index in [1.807, 2.05) is 18.2 Å². The number of nitrogens with one attached hydrogen (secondary N) is 1. The van der Waals surface area contributed by atoms with Crippen LogP contribution in [-0.2, 0) is 26.8 Å². The van der Waals surface area contributed by atoms with Crippen LogP contribution in [0.5, 0.6) is 0 Å². The summed E-state index contributed by atoms with van der Waals surface area (Å²) in [5, 5.41) is 11.8. The van der Waals surface area contributed by atoms with Gasteiger partial charge in [0.05, 0.1) is 18.0 Å². The van der Waals surface area contributed by atoms with E-state index in [0.717, 1.165) is 50.9 Å². The summed E-state index contributed by atoms with van der Waals surface area (Å²) >= 11 is 0. The average molecular weight is 459 g/mol. The fourth-order valence-corrected chi connectivity index (χ4v) is 6.37. The van der Waals surface area contributed by atoms with Crippen LogP contribution in [0.4, 0.5) is 5.69 Å². The topological polar surface area (TPSA) is 78.9 Å². The van der Waals surface area contributed by atoms with Gasteiger partial charge in [-0.15, -0.1) is 0 Å². The third kappa shape index (κ3) is 5.17. The molecule has 2 unspecified atom stereocenters. The Labute approximate surface area is 191 Å². The first-order valence-electron chi connectivity index (χ1n) is 11.5. The van der Waals surface area contributed by atoms with E-state index in [2.05, 4.69) is 33.9 Å². The van der Waals surface area contributed by atoms with Crippen LogP contribution in [0.3, 0.4) is 0 Å². The number of aliphatic hydroxyl groups is 1. The van der Waals surface area contributed by atoms with Crippen molar-refractivity contribution in [3.05, 3.63) is 65.7 Å². The standard InChI is InChI=1S/C25H34N2O4S/c1-31-15-16-32(29,30)26-24-11-5-10-21(17-24)25(28)22-12-13-23(25)19-27(18-22)14-6-9-20-7-3-2-4-8-20/h2-5,7-8,10-11,17,22-23,26,28H,6,9,12-16,18-19H2,1H3. The van der Waals surface area contributed by atoms with E-state index in [-0.39, 0.29) is 24.2 Å². The number of sulfonamides is 1. The van der Waals surface area contributed by atoms with E-state index < -0.39 is 15.6 Å². The first-order chi connectivity index (χ1) is 15.4. The molecule has 7 heteroatoms. The van der Waals surface area contributed by atoms with Crippen molar-refractivity contribution < 1.29 is 18.3 Å². The van der Waals surface area contributed by atoms with E-state index in [1.54, 1.807) is 12.1 Å². The molecular weight excluding hydrogens is 424 g/mol. The van der Waals surface area contributed by atoms with Gasteiger partial charge in [0.1, 0.15) is 0 Å². The van der Waals surface area contributed by atoms with Crippen molar-refractivity contribution in [1.29, 1.82) is 0 Å². The van der Waals surface area contributed by atoms with Crippen LogP contribution < -0.4 is 4.72 Å². The lowest BCUT2D eigenvalue weighted by Gasteiger charge is -2.45. The molecule has 1 aliphatic heterocycles. The Morgan fingerprint density at radius 1 is 1.09 bits per heavy atom. The molecule has 0 radical (unpaired) electrons. The largest absolute Gasteiger partial charge is 0.384 e. The fourth-order valence-electron chi connectivity index (χ4n) is 5.40. The number of likely N-dealkylation sites (tertiary alicyclic amines) is 1. The molecule has 2 bridgehead atoms. The van der Waals surface area contributed by atoms with Gasteiger partial charge in [-0.25, -0.2) is 8.42 Å². The molecule has 2 aromatic rings. The number of aryl methyl sites for hydroxylation is 1. The van der Waals surface area contributed by atoms with Gasteiger partial charge in [0.25, 0.3) is 0 Å². The molecule has 32 heavy (non-hydrogen) atoms. The van der Waals surface area contributed by atoms with Crippen LogP contribution in [-0.4, -0.2) is 57.5 Å². The molecule has 1 saturated carbocycles. The lowest BCUT2D eigenvalue weighted by Crippen LogP contribution is -2.52. The van der Waals surface area contributed by atoms with Crippen molar-refractivity contribution in [2.45, 2.75) is 31.3 Å². The minimum absolute atomic E-state index is 0.0960. The maximum Gasteiger partial charge on any atom is 0.234 e. The SMILES string of the molecule is COCCS(=O)(=O)Nc1cccc(C2(O)C3CCC2CN(CCCc2ccccc2)C3)c1. The van der Waals surface area contributed by atoms with Crippen LogP contribution in [0.2, 0.25) is 0 Å². The molecule has 2 aromatic carbocycles. The molecule has 2 aliphatic rings. The summed E-state index contributed by atoms with van der Waals surface area (Å²) in [5.74, 6) is 0.234. The third-order valence-corrected chi connectivity index (χ3v) is 8.25. The third-order valence-electron chi connectivity index (χ3n) is 7.00. The summed E-state index contributed by atoms with van der Waals surface area (Å²) in [7, 11) is -2.00. The second-order valence-electron chi connectivity index (χ2n) is 9.14. The van der Waals surface area contributed by atoms with E-state index in [9.17, 15) is 13.5 Å². The zero-order chi connectivity index (χ0) is 22.6. The highest BCUT2D eigenvalue weighted by Crippen LogP contribution is 2.51. The molecule has 0 spiro atoms. The number of methoxy groups -OCH3 is 1. The molecule has 2 fully saturated rings. The monoisotopic (exact) mass is 458 g/mol. The van der Waals surface area contributed by atoms with E-state index in [0.29, 0.717) is 5.69 Å². The molecule has 174 valence electrons. The predicted octanol–water partition coefficient (Wildman–Crippen LogP) is 3.24. The summed E-state index contributed by atoms with van der Waals surface area (Å²) in [6.07, 6.45) is 4.18. The Balaban J connectivity index is 1.40. The molecule has 0 aromatic heterocycles. The highest BCUT2D eigenvalue weighted by atomic mass is 32.2. The molecule has 0 amide bonds. The number of hydrogen-bond acceptors (Lipinski definition) is 5. The zero-order valence-electron chi connectivity index (χ0n) is 18.7. The second kappa shape index (κ2) is 9.91. The summed E-state index contributed by atoms with van der Waals surface area (Å²) in [6.45, 7) is 2.94. The van der Waals surface area contributed by atoms with Gasteiger partial charge in [-0.1, -0.05) is 42.5 Å². The normalized spacial score (nSPS) is 25.7. The van der Waals surface area contributed by atoms with Gasteiger partial charge in [-0.2, -0.15) is 0 Å². The van der Waals surface area contributed by atoms with E-state index in [4.69, 9.17) is 4.74 Å². The lowest BCUT2D eigenvalue weighted by molar-refractivity contribution is -0.0897. The number of hydrogen-bond donors (Lipinski definition) is 2. The average Bonchev–Trinajstić information content (AvgIpc) is 2.95. The summed E-state index contributed by atoms with van der Waals surface area (Å²) in [6, 6.07) is 17.9. The molecule has 2 atom stereocenters. The van der Waals surface area contributed by atoms with Crippen LogP contribution >= 0.6 is 0 Å². The zero-order valence-corrected chi connectivity index (χ0v) is 19.6. The number of nitrogens with zero attached hydrogens (tertiary/aromatic N) is 1. The highest BCUT2D eigenvalue weighted by molar-refractivity contribution is 7.92. The Kier molecular flexibility index (Phi) is 7.20. The first kappa shape index (κ1) is 23.2. The van der Waals surface area contributed by atoms with Gasteiger partial charge in [-0.05, 0) is 55.5 Å². The maximum atomic E-state index is 12.3. The lowest BCUT2D eigenvalue weighted by atomic mass is 9.75. The van der Waals surface area contributed by atoms with Gasteiger partial charge in [0.15, 0.2) is 0 Å².